The summed E-state index contributed by atoms with van der Waals surface area (Å²) in [6.45, 7) is 2.08. The van der Waals surface area contributed by atoms with Crippen LogP contribution < -0.4 is 4.90 Å². The van der Waals surface area contributed by atoms with Crippen LogP contribution in [-0.4, -0.2) is 36.0 Å². The quantitative estimate of drug-likeness (QED) is 0.620. The third-order valence-electron chi connectivity index (χ3n) is 6.26. The van der Waals surface area contributed by atoms with Crippen LogP contribution in [0.3, 0.4) is 0 Å². The van der Waals surface area contributed by atoms with Gasteiger partial charge in [-0.2, -0.15) is 0 Å². The largest absolute Gasteiger partial charge is 0.378 e. The minimum Gasteiger partial charge on any atom is -0.378 e. The van der Waals surface area contributed by atoms with Gasteiger partial charge < -0.3 is 9.64 Å². The maximum absolute atomic E-state index is 13.5. The first-order valence-corrected chi connectivity index (χ1v) is 10.4. The molecule has 1 fully saturated rings. The molecule has 1 saturated heterocycles. The number of Topliss-reactive ketones (excluding diaryl/α,β-unsaturated/α-hetero) is 1. The molecule has 29 heavy (non-hydrogen) atoms. The number of rotatable bonds is 5. The summed E-state index contributed by atoms with van der Waals surface area (Å²) in [6, 6.07) is 12.6. The van der Waals surface area contributed by atoms with E-state index in [1.807, 2.05) is 6.07 Å². The SMILES string of the molecule is COCc1cc(N2CCCC(C(=O)c3ccc4c5c(cccc35)CC4)C2)ncn1. The summed E-state index contributed by atoms with van der Waals surface area (Å²) < 4.78 is 5.19. The van der Waals surface area contributed by atoms with E-state index in [1.54, 1.807) is 13.4 Å². The van der Waals surface area contributed by atoms with Crippen molar-refractivity contribution in [1.82, 2.24) is 9.97 Å². The molecule has 2 aromatic carbocycles. The predicted octanol–water partition coefficient (Wildman–Crippen LogP) is 3.97. The number of piperidine rings is 1. The number of benzene rings is 2. The van der Waals surface area contributed by atoms with E-state index in [1.165, 1.54) is 16.5 Å². The molecule has 148 valence electrons. The molecule has 2 aliphatic rings. The molecule has 1 aromatic heterocycles. The van der Waals surface area contributed by atoms with Crippen LogP contribution in [0.25, 0.3) is 10.8 Å². The number of methoxy groups -OCH3 is 1. The number of ether oxygens (including phenoxy) is 1. The number of hydrogen-bond donors (Lipinski definition) is 0. The molecule has 0 N–H and O–H groups in total. The van der Waals surface area contributed by atoms with Crippen molar-refractivity contribution in [2.45, 2.75) is 32.3 Å². The van der Waals surface area contributed by atoms with Gasteiger partial charge in [0.1, 0.15) is 12.1 Å². The van der Waals surface area contributed by atoms with E-state index in [4.69, 9.17) is 4.74 Å². The highest BCUT2D eigenvalue weighted by atomic mass is 16.5. The fourth-order valence-corrected chi connectivity index (χ4v) is 4.87. The number of aryl methyl sites for hydroxylation is 2. The summed E-state index contributed by atoms with van der Waals surface area (Å²) >= 11 is 0. The number of hydrogen-bond acceptors (Lipinski definition) is 5. The van der Waals surface area contributed by atoms with Crippen molar-refractivity contribution in [1.29, 1.82) is 0 Å². The standard InChI is InChI=1S/C24H25N3O2/c1-29-14-19-12-22(26-15-25-19)27-11-3-5-18(13-27)24(28)21-10-9-17-8-7-16-4-2-6-20(21)23(16)17/h2,4,6,9-10,12,15,18H,3,5,7-8,11,13-14H2,1H3. The molecule has 0 radical (unpaired) electrons. The molecule has 0 saturated carbocycles. The summed E-state index contributed by atoms with van der Waals surface area (Å²) in [5.41, 5.74) is 4.49. The topological polar surface area (TPSA) is 55.3 Å². The van der Waals surface area contributed by atoms with Crippen molar-refractivity contribution in [3.8, 4) is 0 Å². The zero-order chi connectivity index (χ0) is 19.8. The highest BCUT2D eigenvalue weighted by molar-refractivity contribution is 6.11. The van der Waals surface area contributed by atoms with Gasteiger partial charge in [0.05, 0.1) is 12.3 Å². The molecular weight excluding hydrogens is 362 g/mol. The van der Waals surface area contributed by atoms with Crippen LogP contribution in [0.15, 0.2) is 42.7 Å². The lowest BCUT2D eigenvalue weighted by Crippen LogP contribution is -2.39. The van der Waals surface area contributed by atoms with Gasteiger partial charge in [-0.05, 0) is 47.6 Å². The second-order valence-electron chi connectivity index (χ2n) is 8.06. The van der Waals surface area contributed by atoms with Gasteiger partial charge in [-0.3, -0.25) is 4.79 Å². The molecule has 1 unspecified atom stereocenters. The maximum atomic E-state index is 13.5. The number of ketones is 1. The van der Waals surface area contributed by atoms with E-state index in [-0.39, 0.29) is 11.7 Å². The highest BCUT2D eigenvalue weighted by Gasteiger charge is 2.29. The molecule has 0 bridgehead atoms. The first-order valence-electron chi connectivity index (χ1n) is 10.4. The lowest BCUT2D eigenvalue weighted by atomic mass is 9.87. The number of anilines is 1. The second-order valence-corrected chi connectivity index (χ2v) is 8.06. The van der Waals surface area contributed by atoms with Gasteiger partial charge in [-0.15, -0.1) is 0 Å². The summed E-state index contributed by atoms with van der Waals surface area (Å²) in [6.07, 6.45) is 5.66. The Hall–Kier alpha value is -2.79. The van der Waals surface area contributed by atoms with Gasteiger partial charge in [0.25, 0.3) is 0 Å². The molecule has 5 heteroatoms. The fourth-order valence-electron chi connectivity index (χ4n) is 4.87. The van der Waals surface area contributed by atoms with E-state index in [9.17, 15) is 4.79 Å². The van der Waals surface area contributed by atoms with E-state index in [2.05, 4.69) is 45.2 Å². The van der Waals surface area contributed by atoms with Crippen molar-refractivity contribution in [2.75, 3.05) is 25.1 Å². The molecular formula is C24H25N3O2. The fraction of sp³-hybridized carbons (Fsp3) is 0.375. The minimum absolute atomic E-state index is 0.0111. The lowest BCUT2D eigenvalue weighted by molar-refractivity contribution is 0.0909. The first kappa shape index (κ1) is 18.3. The number of carbonyl (C=O) groups excluding carboxylic acids is 1. The smallest absolute Gasteiger partial charge is 0.168 e. The molecule has 1 aliphatic heterocycles. The minimum atomic E-state index is -0.0111. The van der Waals surface area contributed by atoms with Crippen LogP contribution in [0.2, 0.25) is 0 Å². The zero-order valence-corrected chi connectivity index (χ0v) is 16.7. The first-order chi connectivity index (χ1) is 14.2. The van der Waals surface area contributed by atoms with Crippen LogP contribution in [0.1, 0.15) is 40.0 Å². The van der Waals surface area contributed by atoms with Gasteiger partial charge in [-0.1, -0.05) is 30.3 Å². The van der Waals surface area contributed by atoms with E-state index in [0.717, 1.165) is 54.7 Å². The van der Waals surface area contributed by atoms with Crippen molar-refractivity contribution in [3.63, 3.8) is 0 Å². The van der Waals surface area contributed by atoms with Crippen LogP contribution in [0.4, 0.5) is 5.82 Å². The van der Waals surface area contributed by atoms with Crippen molar-refractivity contribution in [2.24, 2.45) is 5.92 Å². The summed E-state index contributed by atoms with van der Waals surface area (Å²) in [5.74, 6) is 1.13. The molecule has 1 aliphatic carbocycles. The molecule has 5 nitrogen and oxygen atoms in total. The molecule has 5 rings (SSSR count). The van der Waals surface area contributed by atoms with E-state index >= 15 is 0 Å². The van der Waals surface area contributed by atoms with Crippen molar-refractivity contribution >= 4 is 22.4 Å². The zero-order valence-electron chi connectivity index (χ0n) is 16.7. The van der Waals surface area contributed by atoms with Gasteiger partial charge >= 0.3 is 0 Å². The summed E-state index contributed by atoms with van der Waals surface area (Å²) in [7, 11) is 1.66. The molecule has 0 amide bonds. The summed E-state index contributed by atoms with van der Waals surface area (Å²) in [5, 5.41) is 2.44. The number of aromatic nitrogens is 2. The summed E-state index contributed by atoms with van der Waals surface area (Å²) in [4.78, 5) is 24.4. The Morgan fingerprint density at radius 2 is 2.03 bits per heavy atom. The van der Waals surface area contributed by atoms with Gasteiger partial charge in [0.2, 0.25) is 0 Å². The van der Waals surface area contributed by atoms with Crippen molar-refractivity contribution < 1.29 is 9.53 Å². The Morgan fingerprint density at radius 3 is 2.90 bits per heavy atom. The Labute approximate surface area is 170 Å². The normalized spacial score (nSPS) is 18.4. The van der Waals surface area contributed by atoms with Crippen molar-refractivity contribution in [3.05, 3.63) is 65.1 Å². The average molecular weight is 387 g/mol. The maximum Gasteiger partial charge on any atom is 0.168 e. The second kappa shape index (κ2) is 7.56. The van der Waals surface area contributed by atoms with Gasteiger partial charge in [-0.25, -0.2) is 9.97 Å². The Morgan fingerprint density at radius 1 is 1.17 bits per heavy atom. The number of nitrogens with zero attached hydrogens (tertiary/aromatic N) is 3. The van der Waals surface area contributed by atoms with Gasteiger partial charge in [0.15, 0.2) is 5.78 Å². The monoisotopic (exact) mass is 387 g/mol. The average Bonchev–Trinajstić information content (AvgIpc) is 3.19. The van der Waals surface area contributed by atoms with Crippen LogP contribution >= 0.6 is 0 Å². The Bertz CT molecular complexity index is 1070. The third kappa shape index (κ3) is 3.29. The van der Waals surface area contributed by atoms with Gasteiger partial charge in [0, 0.05) is 37.7 Å². The van der Waals surface area contributed by atoms with Crippen LogP contribution in [0, 0.1) is 5.92 Å². The molecule has 1 atom stereocenters. The lowest BCUT2D eigenvalue weighted by Gasteiger charge is -2.33. The van der Waals surface area contributed by atoms with Crippen LogP contribution in [0.5, 0.6) is 0 Å². The number of carbonyl (C=O) groups is 1. The molecule has 2 heterocycles. The van der Waals surface area contributed by atoms with E-state index in [0.29, 0.717) is 13.2 Å². The molecule has 0 spiro atoms. The highest BCUT2D eigenvalue weighted by Crippen LogP contribution is 2.34. The third-order valence-corrected chi connectivity index (χ3v) is 6.26. The molecule has 3 aromatic rings. The van der Waals surface area contributed by atoms with Crippen LogP contribution in [-0.2, 0) is 24.2 Å². The Kier molecular flexibility index (Phi) is 4.76. The Balaban J connectivity index is 1.43. The van der Waals surface area contributed by atoms with E-state index < -0.39 is 0 Å². The predicted molar refractivity (Wildman–Crippen MR) is 113 cm³/mol.